The molecular formula is C15H17NO3. The van der Waals surface area contributed by atoms with Gasteiger partial charge in [-0.3, -0.25) is 4.79 Å². The predicted molar refractivity (Wildman–Crippen MR) is 71.1 cm³/mol. The Hall–Kier alpha value is -2.10. The third kappa shape index (κ3) is 3.44. The summed E-state index contributed by atoms with van der Waals surface area (Å²) in [5.41, 5.74) is 2.89. The number of carbonyl (C=O) groups is 1. The van der Waals surface area contributed by atoms with Crippen LogP contribution in [0.5, 0.6) is 5.75 Å². The Labute approximate surface area is 112 Å². The second-order valence-electron chi connectivity index (χ2n) is 4.59. The van der Waals surface area contributed by atoms with Crippen molar-refractivity contribution in [2.45, 2.75) is 33.6 Å². The maximum absolute atomic E-state index is 11.8. The van der Waals surface area contributed by atoms with Gasteiger partial charge in [-0.1, -0.05) is 17.3 Å². The molecule has 0 aliphatic rings. The molecule has 4 nitrogen and oxygen atoms in total. The molecule has 1 heterocycles. The number of hydrogen-bond donors (Lipinski definition) is 0. The van der Waals surface area contributed by atoms with Crippen molar-refractivity contribution in [1.82, 2.24) is 5.16 Å². The first kappa shape index (κ1) is 13.3. The summed E-state index contributed by atoms with van der Waals surface area (Å²) < 4.78 is 10.3. The highest BCUT2D eigenvalue weighted by atomic mass is 16.5. The van der Waals surface area contributed by atoms with E-state index in [0.717, 1.165) is 22.6 Å². The monoisotopic (exact) mass is 259 g/mol. The van der Waals surface area contributed by atoms with Gasteiger partial charge in [0.15, 0.2) is 0 Å². The van der Waals surface area contributed by atoms with Crippen LogP contribution in [0.1, 0.15) is 29.0 Å². The zero-order valence-corrected chi connectivity index (χ0v) is 11.4. The fraction of sp³-hybridized carbons (Fsp3) is 0.333. The van der Waals surface area contributed by atoms with Crippen LogP contribution in [0.2, 0.25) is 0 Å². The van der Waals surface area contributed by atoms with Crippen LogP contribution < -0.4 is 4.74 Å². The predicted octanol–water partition coefficient (Wildman–Crippen LogP) is 3.14. The molecule has 0 radical (unpaired) electrons. The SMILES string of the molecule is Cc1cccc(OC(=O)CCc2c(C)noc2C)c1. The van der Waals surface area contributed by atoms with E-state index >= 15 is 0 Å². The molecule has 0 spiro atoms. The highest BCUT2D eigenvalue weighted by Gasteiger charge is 2.12. The van der Waals surface area contributed by atoms with Crippen LogP contribution in [0.15, 0.2) is 28.8 Å². The lowest BCUT2D eigenvalue weighted by Gasteiger charge is -2.04. The summed E-state index contributed by atoms with van der Waals surface area (Å²) in [5.74, 6) is 1.11. The summed E-state index contributed by atoms with van der Waals surface area (Å²) in [6.45, 7) is 5.68. The van der Waals surface area contributed by atoms with Crippen molar-refractivity contribution in [3.05, 3.63) is 46.8 Å². The van der Waals surface area contributed by atoms with Crippen molar-refractivity contribution >= 4 is 5.97 Å². The van der Waals surface area contributed by atoms with Gasteiger partial charge in [-0.05, 0) is 44.9 Å². The Bertz CT molecular complexity index is 567. The molecule has 0 amide bonds. The van der Waals surface area contributed by atoms with Crippen LogP contribution in [-0.2, 0) is 11.2 Å². The Kier molecular flexibility index (Phi) is 4.00. The van der Waals surface area contributed by atoms with Crippen molar-refractivity contribution in [3.8, 4) is 5.75 Å². The minimum Gasteiger partial charge on any atom is -0.427 e. The number of benzene rings is 1. The molecule has 0 saturated heterocycles. The van der Waals surface area contributed by atoms with E-state index in [2.05, 4.69) is 5.16 Å². The van der Waals surface area contributed by atoms with Crippen LogP contribution in [0.4, 0.5) is 0 Å². The highest BCUT2D eigenvalue weighted by Crippen LogP contribution is 2.16. The van der Waals surface area contributed by atoms with Crippen LogP contribution in [0.25, 0.3) is 0 Å². The van der Waals surface area contributed by atoms with Crippen molar-refractivity contribution in [2.24, 2.45) is 0 Å². The van der Waals surface area contributed by atoms with Crippen molar-refractivity contribution in [1.29, 1.82) is 0 Å². The topological polar surface area (TPSA) is 52.3 Å². The third-order valence-electron chi connectivity index (χ3n) is 2.98. The van der Waals surface area contributed by atoms with Crippen LogP contribution >= 0.6 is 0 Å². The van der Waals surface area contributed by atoms with E-state index in [-0.39, 0.29) is 5.97 Å². The minimum absolute atomic E-state index is 0.245. The summed E-state index contributed by atoms with van der Waals surface area (Å²) in [6, 6.07) is 7.45. The molecule has 0 saturated carbocycles. The summed E-state index contributed by atoms with van der Waals surface area (Å²) >= 11 is 0. The van der Waals surface area contributed by atoms with E-state index in [4.69, 9.17) is 9.26 Å². The molecule has 0 bridgehead atoms. The Morgan fingerprint density at radius 1 is 1.32 bits per heavy atom. The van der Waals surface area contributed by atoms with Crippen LogP contribution in [0.3, 0.4) is 0 Å². The molecule has 0 aliphatic carbocycles. The summed E-state index contributed by atoms with van der Waals surface area (Å²) in [4.78, 5) is 11.8. The largest absolute Gasteiger partial charge is 0.427 e. The summed E-state index contributed by atoms with van der Waals surface area (Å²) in [6.07, 6.45) is 0.905. The summed E-state index contributed by atoms with van der Waals surface area (Å²) in [7, 11) is 0. The number of ether oxygens (including phenoxy) is 1. The number of hydrogen-bond acceptors (Lipinski definition) is 4. The second kappa shape index (κ2) is 5.69. The number of esters is 1. The first-order valence-electron chi connectivity index (χ1n) is 6.25. The molecule has 0 atom stereocenters. The van der Waals surface area contributed by atoms with Crippen molar-refractivity contribution in [3.63, 3.8) is 0 Å². The number of rotatable bonds is 4. The smallest absolute Gasteiger partial charge is 0.311 e. The Balaban J connectivity index is 1.92. The molecule has 19 heavy (non-hydrogen) atoms. The van der Waals surface area contributed by atoms with Gasteiger partial charge in [0.2, 0.25) is 0 Å². The normalized spacial score (nSPS) is 10.5. The van der Waals surface area contributed by atoms with Gasteiger partial charge in [0.05, 0.1) is 12.1 Å². The van der Waals surface area contributed by atoms with Gasteiger partial charge in [-0.2, -0.15) is 0 Å². The average molecular weight is 259 g/mol. The van der Waals surface area contributed by atoms with Crippen LogP contribution in [-0.4, -0.2) is 11.1 Å². The average Bonchev–Trinajstić information content (AvgIpc) is 2.67. The van der Waals surface area contributed by atoms with Gasteiger partial charge in [0, 0.05) is 5.56 Å². The highest BCUT2D eigenvalue weighted by molar-refractivity contribution is 5.72. The van der Waals surface area contributed by atoms with E-state index in [0.29, 0.717) is 18.6 Å². The molecule has 0 N–H and O–H groups in total. The van der Waals surface area contributed by atoms with Gasteiger partial charge in [-0.15, -0.1) is 0 Å². The van der Waals surface area contributed by atoms with Crippen molar-refractivity contribution in [2.75, 3.05) is 0 Å². The molecule has 0 fully saturated rings. The van der Waals surface area contributed by atoms with Gasteiger partial charge in [0.1, 0.15) is 11.5 Å². The van der Waals surface area contributed by atoms with Crippen LogP contribution in [0, 0.1) is 20.8 Å². The molecule has 1 aromatic carbocycles. The van der Waals surface area contributed by atoms with Crippen molar-refractivity contribution < 1.29 is 14.1 Å². The molecular weight excluding hydrogens is 242 g/mol. The number of aromatic nitrogens is 1. The number of carbonyl (C=O) groups excluding carboxylic acids is 1. The lowest BCUT2D eigenvalue weighted by Crippen LogP contribution is -2.09. The number of nitrogens with zero attached hydrogens (tertiary/aromatic N) is 1. The first-order chi connectivity index (χ1) is 9.06. The molecule has 0 unspecified atom stereocenters. The van der Waals surface area contributed by atoms with E-state index in [1.807, 2.05) is 39.0 Å². The van der Waals surface area contributed by atoms with Gasteiger partial charge in [-0.25, -0.2) is 0 Å². The molecule has 2 aromatic rings. The zero-order valence-electron chi connectivity index (χ0n) is 11.4. The molecule has 4 heteroatoms. The standard InChI is InChI=1S/C15H17NO3/c1-10-5-4-6-13(9-10)18-15(17)8-7-14-11(2)16-19-12(14)3/h4-6,9H,7-8H2,1-3H3. The van der Waals surface area contributed by atoms with E-state index < -0.39 is 0 Å². The minimum atomic E-state index is -0.245. The fourth-order valence-corrected chi connectivity index (χ4v) is 1.95. The van der Waals surface area contributed by atoms with E-state index in [9.17, 15) is 4.79 Å². The summed E-state index contributed by atoms with van der Waals surface area (Å²) in [5, 5.41) is 3.86. The Morgan fingerprint density at radius 2 is 2.11 bits per heavy atom. The molecule has 2 rings (SSSR count). The third-order valence-corrected chi connectivity index (χ3v) is 2.98. The van der Waals surface area contributed by atoms with E-state index in [1.165, 1.54) is 0 Å². The lowest BCUT2D eigenvalue weighted by molar-refractivity contribution is -0.134. The van der Waals surface area contributed by atoms with Gasteiger partial charge in [0.25, 0.3) is 0 Å². The van der Waals surface area contributed by atoms with Gasteiger partial charge >= 0.3 is 5.97 Å². The lowest BCUT2D eigenvalue weighted by atomic mass is 10.1. The Morgan fingerprint density at radius 3 is 2.74 bits per heavy atom. The fourth-order valence-electron chi connectivity index (χ4n) is 1.95. The maximum atomic E-state index is 11.8. The quantitative estimate of drug-likeness (QED) is 0.625. The molecule has 0 aliphatic heterocycles. The molecule has 100 valence electrons. The second-order valence-corrected chi connectivity index (χ2v) is 4.59. The maximum Gasteiger partial charge on any atom is 0.311 e. The number of aryl methyl sites for hydroxylation is 3. The zero-order chi connectivity index (χ0) is 13.8. The molecule has 1 aromatic heterocycles. The first-order valence-corrected chi connectivity index (χ1v) is 6.25. The van der Waals surface area contributed by atoms with Gasteiger partial charge < -0.3 is 9.26 Å². The van der Waals surface area contributed by atoms with E-state index in [1.54, 1.807) is 6.07 Å².